The molecule has 4 nitrogen and oxygen atoms in total. The van der Waals surface area contributed by atoms with Gasteiger partial charge in [0.2, 0.25) is 0 Å². The van der Waals surface area contributed by atoms with Crippen LogP contribution >= 0.6 is 0 Å². The second kappa shape index (κ2) is 5.64. The van der Waals surface area contributed by atoms with Crippen LogP contribution in [-0.4, -0.2) is 15.9 Å². The molecule has 108 valence electrons. The number of aromatic nitrogens is 2. The zero-order valence-corrected chi connectivity index (χ0v) is 12.4. The topological polar surface area (TPSA) is 54.9 Å². The summed E-state index contributed by atoms with van der Waals surface area (Å²) >= 11 is 0. The molecule has 0 atom stereocenters. The number of hydrogen-bond donors (Lipinski definition) is 1. The zero-order valence-electron chi connectivity index (χ0n) is 12.4. The van der Waals surface area contributed by atoms with E-state index in [-0.39, 0.29) is 11.8 Å². The molecular formula is C17H19N3O. The number of anilines is 1. The Morgan fingerprint density at radius 1 is 1.14 bits per heavy atom. The van der Waals surface area contributed by atoms with Crippen molar-refractivity contribution in [1.29, 1.82) is 0 Å². The highest BCUT2D eigenvalue weighted by Gasteiger charge is 2.14. The first-order valence-electron chi connectivity index (χ1n) is 7.38. The average Bonchev–Trinajstić information content (AvgIpc) is 2.95. The van der Waals surface area contributed by atoms with Crippen LogP contribution in [0.5, 0.6) is 0 Å². The van der Waals surface area contributed by atoms with E-state index in [2.05, 4.69) is 21.4 Å². The van der Waals surface area contributed by atoms with Crippen molar-refractivity contribution in [3.05, 3.63) is 53.1 Å². The molecule has 0 fully saturated rings. The van der Waals surface area contributed by atoms with E-state index in [1.807, 2.05) is 26.0 Å². The molecule has 0 radical (unpaired) electrons. The number of rotatable bonds is 3. The highest BCUT2D eigenvalue weighted by atomic mass is 16.1. The molecule has 1 aliphatic carbocycles. The molecule has 2 aromatic rings. The van der Waals surface area contributed by atoms with Crippen molar-refractivity contribution in [3.8, 4) is 0 Å². The van der Waals surface area contributed by atoms with Gasteiger partial charge in [-0.1, -0.05) is 19.9 Å². The van der Waals surface area contributed by atoms with Crippen molar-refractivity contribution in [3.63, 3.8) is 0 Å². The fourth-order valence-corrected chi connectivity index (χ4v) is 2.62. The lowest BCUT2D eigenvalue weighted by atomic mass is 10.1. The van der Waals surface area contributed by atoms with E-state index in [0.29, 0.717) is 11.3 Å². The Labute approximate surface area is 124 Å². The van der Waals surface area contributed by atoms with Crippen LogP contribution in [-0.2, 0) is 12.8 Å². The molecule has 0 saturated heterocycles. The summed E-state index contributed by atoms with van der Waals surface area (Å²) in [6, 6.07) is 5.96. The molecule has 1 aromatic heterocycles. The SMILES string of the molecule is CC(C)c1ncc(NC(=O)c2ccc3c(c2)CCC3)cn1. The molecule has 21 heavy (non-hydrogen) atoms. The Balaban J connectivity index is 1.74. The maximum Gasteiger partial charge on any atom is 0.255 e. The van der Waals surface area contributed by atoms with E-state index in [1.165, 1.54) is 17.5 Å². The van der Waals surface area contributed by atoms with Crippen LogP contribution in [0.25, 0.3) is 0 Å². The number of nitrogens with one attached hydrogen (secondary N) is 1. The normalized spacial score (nSPS) is 13.3. The monoisotopic (exact) mass is 281 g/mol. The first-order valence-corrected chi connectivity index (χ1v) is 7.38. The van der Waals surface area contributed by atoms with E-state index < -0.39 is 0 Å². The van der Waals surface area contributed by atoms with Crippen LogP contribution in [0.15, 0.2) is 30.6 Å². The third-order valence-corrected chi connectivity index (χ3v) is 3.81. The van der Waals surface area contributed by atoms with Gasteiger partial charge >= 0.3 is 0 Å². The maximum atomic E-state index is 12.3. The summed E-state index contributed by atoms with van der Waals surface area (Å²) in [5, 5.41) is 2.85. The van der Waals surface area contributed by atoms with Gasteiger partial charge in [-0.05, 0) is 42.5 Å². The van der Waals surface area contributed by atoms with Gasteiger partial charge in [-0.2, -0.15) is 0 Å². The van der Waals surface area contributed by atoms with Gasteiger partial charge in [0, 0.05) is 11.5 Å². The summed E-state index contributed by atoms with van der Waals surface area (Å²) in [4.78, 5) is 20.8. The molecule has 1 amide bonds. The third kappa shape index (κ3) is 2.94. The Hall–Kier alpha value is -2.23. The number of nitrogens with zero attached hydrogens (tertiary/aromatic N) is 2. The van der Waals surface area contributed by atoms with Crippen molar-refractivity contribution in [2.45, 2.75) is 39.0 Å². The first-order chi connectivity index (χ1) is 10.1. The maximum absolute atomic E-state index is 12.3. The predicted octanol–water partition coefficient (Wildman–Crippen LogP) is 3.34. The van der Waals surface area contributed by atoms with Gasteiger partial charge in [-0.15, -0.1) is 0 Å². The quantitative estimate of drug-likeness (QED) is 0.938. The highest BCUT2D eigenvalue weighted by molar-refractivity contribution is 6.04. The van der Waals surface area contributed by atoms with Crippen LogP contribution in [0, 0.1) is 0 Å². The molecule has 1 heterocycles. The lowest BCUT2D eigenvalue weighted by Crippen LogP contribution is -2.13. The van der Waals surface area contributed by atoms with Crippen LogP contribution in [0.1, 0.15) is 53.5 Å². The number of aryl methyl sites for hydroxylation is 2. The van der Waals surface area contributed by atoms with E-state index in [9.17, 15) is 4.79 Å². The fourth-order valence-electron chi connectivity index (χ4n) is 2.62. The minimum Gasteiger partial charge on any atom is -0.319 e. The minimum absolute atomic E-state index is 0.106. The Bertz CT molecular complexity index is 662. The third-order valence-electron chi connectivity index (χ3n) is 3.81. The van der Waals surface area contributed by atoms with Gasteiger partial charge in [-0.3, -0.25) is 4.79 Å². The second-order valence-corrected chi connectivity index (χ2v) is 5.78. The minimum atomic E-state index is -0.106. The number of carbonyl (C=O) groups is 1. The smallest absolute Gasteiger partial charge is 0.255 e. The van der Waals surface area contributed by atoms with Crippen LogP contribution < -0.4 is 5.32 Å². The second-order valence-electron chi connectivity index (χ2n) is 5.78. The van der Waals surface area contributed by atoms with Crippen LogP contribution in [0.4, 0.5) is 5.69 Å². The lowest BCUT2D eigenvalue weighted by molar-refractivity contribution is 0.102. The molecular weight excluding hydrogens is 262 g/mol. The van der Waals surface area contributed by atoms with Gasteiger partial charge in [0.1, 0.15) is 5.82 Å². The van der Waals surface area contributed by atoms with E-state index in [1.54, 1.807) is 12.4 Å². The van der Waals surface area contributed by atoms with E-state index in [0.717, 1.165) is 18.7 Å². The Kier molecular flexibility index (Phi) is 3.69. The van der Waals surface area contributed by atoms with Crippen LogP contribution in [0.3, 0.4) is 0 Å². The number of benzene rings is 1. The Morgan fingerprint density at radius 2 is 1.86 bits per heavy atom. The van der Waals surface area contributed by atoms with Gasteiger partial charge in [0.25, 0.3) is 5.91 Å². The molecule has 1 aromatic carbocycles. The van der Waals surface area contributed by atoms with Crippen molar-refractivity contribution < 1.29 is 4.79 Å². The van der Waals surface area contributed by atoms with Crippen molar-refractivity contribution >= 4 is 11.6 Å². The number of hydrogen-bond acceptors (Lipinski definition) is 3. The molecule has 3 rings (SSSR count). The summed E-state index contributed by atoms with van der Waals surface area (Å²) in [7, 11) is 0. The number of carbonyl (C=O) groups excluding carboxylic acids is 1. The summed E-state index contributed by atoms with van der Waals surface area (Å²) in [5.74, 6) is 0.961. The van der Waals surface area contributed by atoms with Crippen molar-refractivity contribution in [2.75, 3.05) is 5.32 Å². The summed E-state index contributed by atoms with van der Waals surface area (Å²) < 4.78 is 0. The number of amides is 1. The van der Waals surface area contributed by atoms with Gasteiger partial charge < -0.3 is 5.32 Å². The highest BCUT2D eigenvalue weighted by Crippen LogP contribution is 2.23. The van der Waals surface area contributed by atoms with Gasteiger partial charge in [-0.25, -0.2) is 9.97 Å². The van der Waals surface area contributed by atoms with Crippen LogP contribution in [0.2, 0.25) is 0 Å². The summed E-state index contributed by atoms with van der Waals surface area (Å²) in [6.45, 7) is 4.08. The molecule has 0 bridgehead atoms. The molecule has 1 aliphatic rings. The lowest BCUT2D eigenvalue weighted by Gasteiger charge is -2.08. The molecule has 4 heteroatoms. The molecule has 1 N–H and O–H groups in total. The van der Waals surface area contributed by atoms with Gasteiger partial charge in [0.05, 0.1) is 18.1 Å². The van der Waals surface area contributed by atoms with Crippen molar-refractivity contribution in [2.24, 2.45) is 0 Å². The largest absolute Gasteiger partial charge is 0.319 e. The summed E-state index contributed by atoms with van der Waals surface area (Å²) in [6.07, 6.45) is 6.70. The van der Waals surface area contributed by atoms with E-state index in [4.69, 9.17) is 0 Å². The fraction of sp³-hybridized carbons (Fsp3) is 0.353. The molecule has 0 spiro atoms. The molecule has 0 unspecified atom stereocenters. The standard InChI is InChI=1S/C17H19N3O/c1-11(2)16-18-9-15(10-19-16)20-17(21)14-7-6-12-4-3-5-13(12)8-14/h6-11H,3-5H2,1-2H3,(H,20,21). The molecule has 0 saturated carbocycles. The number of fused-ring (bicyclic) bond motifs is 1. The first kappa shape index (κ1) is 13.7. The Morgan fingerprint density at radius 3 is 2.57 bits per heavy atom. The van der Waals surface area contributed by atoms with Gasteiger partial charge in [0.15, 0.2) is 0 Å². The summed E-state index contributed by atoms with van der Waals surface area (Å²) in [5.41, 5.74) is 4.00. The average molecular weight is 281 g/mol. The predicted molar refractivity (Wildman–Crippen MR) is 82.5 cm³/mol. The zero-order chi connectivity index (χ0) is 14.8. The van der Waals surface area contributed by atoms with Crippen molar-refractivity contribution in [1.82, 2.24) is 9.97 Å². The van der Waals surface area contributed by atoms with E-state index >= 15 is 0 Å². The molecule has 0 aliphatic heterocycles.